The van der Waals surface area contributed by atoms with E-state index >= 15 is 0 Å². The number of nitrogens with one attached hydrogen (secondary N) is 1. The SMILES string of the molecule is CC(=O)N[C@]1(C(N)=S)CCN(C(=O)OC(C)(C)C)C1. The third-order valence-electron chi connectivity index (χ3n) is 2.81. The lowest BCUT2D eigenvalue weighted by Gasteiger charge is -2.29. The lowest BCUT2D eigenvalue weighted by molar-refractivity contribution is -0.120. The molecule has 0 saturated carbocycles. The van der Waals surface area contributed by atoms with Crippen molar-refractivity contribution in [2.45, 2.75) is 45.3 Å². The van der Waals surface area contributed by atoms with Gasteiger partial charge in [0.25, 0.3) is 0 Å². The summed E-state index contributed by atoms with van der Waals surface area (Å²) in [5, 5.41) is 2.75. The van der Waals surface area contributed by atoms with Crippen molar-refractivity contribution in [3.05, 3.63) is 0 Å². The molecule has 6 nitrogen and oxygen atoms in total. The Hall–Kier alpha value is -1.37. The second kappa shape index (κ2) is 5.32. The molecule has 19 heavy (non-hydrogen) atoms. The van der Waals surface area contributed by atoms with E-state index in [1.165, 1.54) is 11.8 Å². The van der Waals surface area contributed by atoms with Crippen LogP contribution in [-0.2, 0) is 9.53 Å². The van der Waals surface area contributed by atoms with Gasteiger partial charge >= 0.3 is 6.09 Å². The Bertz CT molecular complexity index is 406. The second-order valence-electron chi connectivity index (χ2n) is 5.78. The van der Waals surface area contributed by atoms with Crippen molar-refractivity contribution in [3.63, 3.8) is 0 Å². The van der Waals surface area contributed by atoms with Crippen LogP contribution in [0.1, 0.15) is 34.1 Å². The molecule has 1 aliphatic rings. The van der Waals surface area contributed by atoms with Crippen LogP contribution in [0.5, 0.6) is 0 Å². The van der Waals surface area contributed by atoms with Crippen molar-refractivity contribution in [3.8, 4) is 0 Å². The van der Waals surface area contributed by atoms with Gasteiger partial charge in [-0.3, -0.25) is 4.79 Å². The minimum atomic E-state index is -0.821. The van der Waals surface area contributed by atoms with Crippen molar-refractivity contribution in [2.24, 2.45) is 5.73 Å². The summed E-state index contributed by atoms with van der Waals surface area (Å²) in [4.78, 5) is 24.9. The molecule has 1 aliphatic heterocycles. The molecule has 1 saturated heterocycles. The molecule has 7 heteroatoms. The van der Waals surface area contributed by atoms with E-state index in [0.717, 1.165) is 0 Å². The highest BCUT2D eigenvalue weighted by molar-refractivity contribution is 7.80. The molecule has 0 aromatic rings. The van der Waals surface area contributed by atoms with Gasteiger partial charge in [0.2, 0.25) is 5.91 Å². The fourth-order valence-corrected chi connectivity index (χ4v) is 2.21. The van der Waals surface area contributed by atoms with E-state index in [2.05, 4.69) is 5.32 Å². The van der Waals surface area contributed by atoms with E-state index in [1.807, 2.05) is 0 Å². The van der Waals surface area contributed by atoms with E-state index in [0.29, 0.717) is 13.0 Å². The molecule has 1 heterocycles. The van der Waals surface area contributed by atoms with Gasteiger partial charge in [-0.1, -0.05) is 12.2 Å². The summed E-state index contributed by atoms with van der Waals surface area (Å²) < 4.78 is 5.29. The van der Waals surface area contributed by atoms with Gasteiger partial charge in [0, 0.05) is 13.5 Å². The Morgan fingerprint density at radius 3 is 2.42 bits per heavy atom. The molecule has 0 radical (unpaired) electrons. The molecule has 0 aromatic carbocycles. The zero-order chi connectivity index (χ0) is 14.8. The van der Waals surface area contributed by atoms with Crippen LogP contribution in [0.4, 0.5) is 4.79 Å². The molecule has 0 bridgehead atoms. The zero-order valence-corrected chi connectivity index (χ0v) is 12.6. The largest absolute Gasteiger partial charge is 0.444 e. The van der Waals surface area contributed by atoms with Gasteiger partial charge in [-0.2, -0.15) is 0 Å². The van der Waals surface area contributed by atoms with Crippen LogP contribution >= 0.6 is 12.2 Å². The van der Waals surface area contributed by atoms with Gasteiger partial charge in [0.15, 0.2) is 0 Å². The van der Waals surface area contributed by atoms with Crippen molar-refractivity contribution >= 4 is 29.2 Å². The summed E-state index contributed by atoms with van der Waals surface area (Å²) in [5.74, 6) is -0.223. The third kappa shape index (κ3) is 4.05. The number of amides is 2. The van der Waals surface area contributed by atoms with Crippen LogP contribution in [-0.4, -0.2) is 46.1 Å². The lowest BCUT2D eigenvalue weighted by Crippen LogP contribution is -2.58. The summed E-state index contributed by atoms with van der Waals surface area (Å²) in [7, 11) is 0. The first-order valence-electron chi connectivity index (χ1n) is 6.12. The molecule has 1 fully saturated rings. The first kappa shape index (κ1) is 15.7. The van der Waals surface area contributed by atoms with Crippen LogP contribution < -0.4 is 11.1 Å². The monoisotopic (exact) mass is 287 g/mol. The summed E-state index contributed by atoms with van der Waals surface area (Å²) in [6.45, 7) is 7.50. The van der Waals surface area contributed by atoms with Crippen LogP contribution in [0.15, 0.2) is 0 Å². The number of nitrogens with two attached hydrogens (primary N) is 1. The first-order valence-corrected chi connectivity index (χ1v) is 6.53. The molecule has 0 aliphatic carbocycles. The van der Waals surface area contributed by atoms with Gasteiger partial charge in [0.1, 0.15) is 16.1 Å². The number of carbonyl (C=O) groups is 2. The minimum absolute atomic E-state index is 0.189. The average Bonchev–Trinajstić information content (AvgIpc) is 2.59. The molecule has 0 aromatic heterocycles. The molecule has 0 spiro atoms. The fraction of sp³-hybridized carbons (Fsp3) is 0.750. The minimum Gasteiger partial charge on any atom is -0.444 e. The highest BCUT2D eigenvalue weighted by Gasteiger charge is 2.44. The van der Waals surface area contributed by atoms with E-state index in [1.54, 1.807) is 20.8 Å². The maximum atomic E-state index is 12.0. The average molecular weight is 287 g/mol. The van der Waals surface area contributed by atoms with Gasteiger partial charge in [-0.25, -0.2) is 4.79 Å². The summed E-state index contributed by atoms with van der Waals surface area (Å²) >= 11 is 5.02. The van der Waals surface area contributed by atoms with Crippen LogP contribution in [0.25, 0.3) is 0 Å². The van der Waals surface area contributed by atoms with Crippen molar-refractivity contribution in [2.75, 3.05) is 13.1 Å². The van der Waals surface area contributed by atoms with E-state index < -0.39 is 17.2 Å². The van der Waals surface area contributed by atoms with Crippen LogP contribution in [0, 0.1) is 0 Å². The Labute approximate surface area is 118 Å². The normalized spacial score (nSPS) is 23.1. The Morgan fingerprint density at radius 2 is 2.00 bits per heavy atom. The van der Waals surface area contributed by atoms with E-state index in [4.69, 9.17) is 22.7 Å². The quantitative estimate of drug-likeness (QED) is 0.733. The van der Waals surface area contributed by atoms with Crippen molar-refractivity contribution < 1.29 is 14.3 Å². The summed E-state index contributed by atoms with van der Waals surface area (Å²) in [5.41, 5.74) is 4.33. The molecular formula is C12H21N3O3S. The Kier molecular flexibility index (Phi) is 4.39. The number of ether oxygens (including phenoxy) is 1. The maximum absolute atomic E-state index is 12.0. The molecule has 2 amide bonds. The number of rotatable bonds is 2. The number of thiocarbonyl (C=S) groups is 1. The molecule has 1 atom stereocenters. The van der Waals surface area contributed by atoms with E-state index in [9.17, 15) is 9.59 Å². The summed E-state index contributed by atoms with van der Waals surface area (Å²) in [6, 6.07) is 0. The highest BCUT2D eigenvalue weighted by Crippen LogP contribution is 2.24. The fourth-order valence-electron chi connectivity index (χ4n) is 1.99. The molecule has 3 N–H and O–H groups in total. The predicted molar refractivity (Wildman–Crippen MR) is 75.8 cm³/mol. The molecule has 1 rings (SSSR count). The zero-order valence-electron chi connectivity index (χ0n) is 11.8. The van der Waals surface area contributed by atoms with Crippen molar-refractivity contribution in [1.29, 1.82) is 0 Å². The number of likely N-dealkylation sites (tertiary alicyclic amines) is 1. The van der Waals surface area contributed by atoms with Crippen molar-refractivity contribution in [1.82, 2.24) is 10.2 Å². The summed E-state index contributed by atoms with van der Waals surface area (Å²) in [6.07, 6.45) is 0.0808. The number of hydrogen-bond donors (Lipinski definition) is 2. The number of carbonyl (C=O) groups excluding carboxylic acids is 2. The molecular weight excluding hydrogens is 266 g/mol. The highest BCUT2D eigenvalue weighted by atomic mass is 32.1. The third-order valence-corrected chi connectivity index (χ3v) is 3.20. The Morgan fingerprint density at radius 1 is 1.42 bits per heavy atom. The smallest absolute Gasteiger partial charge is 0.410 e. The number of hydrogen-bond acceptors (Lipinski definition) is 4. The van der Waals surface area contributed by atoms with E-state index in [-0.39, 0.29) is 17.4 Å². The van der Waals surface area contributed by atoms with Gasteiger partial charge < -0.3 is 20.7 Å². The van der Waals surface area contributed by atoms with Gasteiger partial charge in [-0.05, 0) is 27.2 Å². The first-order chi connectivity index (χ1) is 8.56. The Balaban J connectivity index is 2.77. The lowest BCUT2D eigenvalue weighted by atomic mass is 9.98. The van der Waals surface area contributed by atoms with Gasteiger partial charge in [-0.15, -0.1) is 0 Å². The number of nitrogens with zero attached hydrogens (tertiary/aromatic N) is 1. The van der Waals surface area contributed by atoms with Gasteiger partial charge in [0.05, 0.1) is 6.54 Å². The predicted octanol–water partition coefficient (Wildman–Crippen LogP) is 0.788. The molecule has 108 valence electrons. The van der Waals surface area contributed by atoms with Crippen LogP contribution in [0.2, 0.25) is 0 Å². The topological polar surface area (TPSA) is 84.7 Å². The standard InChI is InChI=1S/C12H21N3O3S/c1-8(16)14-12(9(13)19)5-6-15(7-12)10(17)18-11(2,3)4/h5-7H2,1-4H3,(H2,13,19)(H,14,16)/t12-/m1/s1. The van der Waals surface area contributed by atoms with Crippen LogP contribution in [0.3, 0.4) is 0 Å². The maximum Gasteiger partial charge on any atom is 0.410 e. The molecule has 0 unspecified atom stereocenters. The second-order valence-corrected chi connectivity index (χ2v) is 6.22.